The van der Waals surface area contributed by atoms with Crippen molar-refractivity contribution in [2.24, 2.45) is 5.92 Å². The topological polar surface area (TPSA) is 60.2 Å². The van der Waals surface area contributed by atoms with E-state index in [1.165, 1.54) is 6.07 Å². The standard InChI is InChI=1S/C26H31FN4O/c1-17-5-12-23-24(29-17)26(2,3)16-31(23)25(32)19-8-10-21(11-9-19)30(4)15-18-6-7-20(14-28)22(27)13-18/h5-7,12-13,19,21H,8-11,15-16H2,1-4H3. The van der Waals surface area contributed by atoms with Gasteiger partial charge in [0.05, 0.1) is 16.9 Å². The number of halogens is 1. The molecule has 1 saturated carbocycles. The number of nitrogens with zero attached hydrogens (tertiary/aromatic N) is 4. The molecular formula is C26H31FN4O. The van der Waals surface area contributed by atoms with E-state index in [1.54, 1.807) is 6.07 Å². The average Bonchev–Trinajstić information content (AvgIpc) is 3.03. The van der Waals surface area contributed by atoms with Gasteiger partial charge in [0.1, 0.15) is 11.9 Å². The Hall–Kier alpha value is -2.78. The molecule has 1 aliphatic carbocycles. The SMILES string of the molecule is Cc1ccc2c(n1)C(C)(C)CN2C(=O)C1CCC(N(C)Cc2ccc(C#N)c(F)c2)CC1. The fourth-order valence-electron chi connectivity index (χ4n) is 5.17. The van der Waals surface area contributed by atoms with Crippen LogP contribution in [0.3, 0.4) is 0 Å². The molecule has 1 fully saturated rings. The molecule has 4 rings (SSSR count). The molecule has 1 aromatic heterocycles. The largest absolute Gasteiger partial charge is 0.309 e. The number of aryl methyl sites for hydroxylation is 1. The average molecular weight is 435 g/mol. The number of carbonyl (C=O) groups is 1. The Balaban J connectivity index is 1.37. The minimum atomic E-state index is -0.466. The van der Waals surface area contributed by atoms with Crippen molar-refractivity contribution < 1.29 is 9.18 Å². The van der Waals surface area contributed by atoms with Crippen LogP contribution in [0.1, 0.15) is 62.0 Å². The number of benzene rings is 1. The van der Waals surface area contributed by atoms with E-state index in [9.17, 15) is 9.18 Å². The second-order valence-electron chi connectivity index (χ2n) is 9.98. The second-order valence-corrected chi connectivity index (χ2v) is 9.98. The van der Waals surface area contributed by atoms with Crippen LogP contribution < -0.4 is 4.90 Å². The van der Waals surface area contributed by atoms with E-state index in [2.05, 4.69) is 25.8 Å². The molecule has 0 atom stereocenters. The first-order chi connectivity index (χ1) is 15.2. The summed E-state index contributed by atoms with van der Waals surface area (Å²) in [5.41, 5.74) is 3.77. The quantitative estimate of drug-likeness (QED) is 0.699. The van der Waals surface area contributed by atoms with Crippen molar-refractivity contribution in [1.82, 2.24) is 9.88 Å². The number of carbonyl (C=O) groups excluding carboxylic acids is 1. The van der Waals surface area contributed by atoms with Crippen molar-refractivity contribution in [2.45, 2.75) is 64.5 Å². The van der Waals surface area contributed by atoms with Gasteiger partial charge in [0, 0.05) is 36.2 Å². The highest BCUT2D eigenvalue weighted by molar-refractivity contribution is 5.97. The molecule has 0 saturated heterocycles. The van der Waals surface area contributed by atoms with Crippen molar-refractivity contribution in [3.63, 3.8) is 0 Å². The minimum Gasteiger partial charge on any atom is -0.309 e. The Bertz CT molecular complexity index is 1070. The number of amides is 1. The third-order valence-electron chi connectivity index (χ3n) is 7.02. The Morgan fingerprint density at radius 3 is 2.62 bits per heavy atom. The Morgan fingerprint density at radius 1 is 1.25 bits per heavy atom. The molecule has 1 amide bonds. The van der Waals surface area contributed by atoms with Crippen LogP contribution >= 0.6 is 0 Å². The maximum absolute atomic E-state index is 13.9. The molecule has 2 aromatic rings. The van der Waals surface area contributed by atoms with Crippen molar-refractivity contribution in [3.05, 3.63) is 58.7 Å². The summed E-state index contributed by atoms with van der Waals surface area (Å²) in [5.74, 6) is -0.209. The summed E-state index contributed by atoms with van der Waals surface area (Å²) < 4.78 is 13.9. The first-order valence-corrected chi connectivity index (χ1v) is 11.4. The van der Waals surface area contributed by atoms with E-state index < -0.39 is 5.82 Å². The lowest BCUT2D eigenvalue weighted by molar-refractivity contribution is -0.123. The van der Waals surface area contributed by atoms with Crippen LogP contribution in [-0.4, -0.2) is 35.4 Å². The van der Waals surface area contributed by atoms with Gasteiger partial charge in [-0.15, -0.1) is 0 Å². The lowest BCUT2D eigenvalue weighted by Crippen LogP contribution is -2.42. The van der Waals surface area contributed by atoms with Gasteiger partial charge in [-0.05, 0) is 69.5 Å². The highest BCUT2D eigenvalue weighted by Gasteiger charge is 2.42. The molecular weight excluding hydrogens is 403 g/mol. The van der Waals surface area contributed by atoms with Gasteiger partial charge in [0.25, 0.3) is 0 Å². The highest BCUT2D eigenvalue weighted by Crippen LogP contribution is 2.41. The Labute approximate surface area is 189 Å². The molecule has 0 spiro atoms. The zero-order valence-corrected chi connectivity index (χ0v) is 19.4. The van der Waals surface area contributed by atoms with E-state index in [0.717, 1.165) is 48.3 Å². The van der Waals surface area contributed by atoms with Gasteiger partial charge in [-0.1, -0.05) is 19.9 Å². The summed E-state index contributed by atoms with van der Waals surface area (Å²) in [6, 6.07) is 11.1. The van der Waals surface area contributed by atoms with Gasteiger partial charge in [0.15, 0.2) is 0 Å². The van der Waals surface area contributed by atoms with Gasteiger partial charge in [-0.2, -0.15) is 5.26 Å². The third kappa shape index (κ3) is 4.27. The summed E-state index contributed by atoms with van der Waals surface area (Å²) in [7, 11) is 2.05. The molecule has 1 aliphatic heterocycles. The molecule has 32 heavy (non-hydrogen) atoms. The molecule has 6 heteroatoms. The molecule has 0 unspecified atom stereocenters. The lowest BCUT2D eigenvalue weighted by Gasteiger charge is -2.35. The van der Waals surface area contributed by atoms with Gasteiger partial charge < -0.3 is 4.90 Å². The van der Waals surface area contributed by atoms with Crippen molar-refractivity contribution in [2.75, 3.05) is 18.5 Å². The Morgan fingerprint density at radius 2 is 1.97 bits per heavy atom. The zero-order valence-electron chi connectivity index (χ0n) is 19.4. The fourth-order valence-corrected chi connectivity index (χ4v) is 5.17. The van der Waals surface area contributed by atoms with Crippen LogP contribution in [0.25, 0.3) is 0 Å². The molecule has 2 heterocycles. The molecule has 2 aliphatic rings. The highest BCUT2D eigenvalue weighted by atomic mass is 19.1. The van der Waals surface area contributed by atoms with Crippen LogP contribution in [0.15, 0.2) is 30.3 Å². The normalized spacial score (nSPS) is 22.0. The predicted molar refractivity (Wildman–Crippen MR) is 123 cm³/mol. The van der Waals surface area contributed by atoms with Crippen LogP contribution in [-0.2, 0) is 16.8 Å². The maximum Gasteiger partial charge on any atom is 0.230 e. The lowest BCUT2D eigenvalue weighted by atomic mass is 9.84. The first kappa shape index (κ1) is 22.4. The fraction of sp³-hybridized carbons (Fsp3) is 0.500. The minimum absolute atomic E-state index is 0.0371. The van der Waals surface area contributed by atoms with Crippen LogP contribution in [0, 0.1) is 30.0 Å². The monoisotopic (exact) mass is 434 g/mol. The van der Waals surface area contributed by atoms with Crippen molar-refractivity contribution in [3.8, 4) is 6.07 Å². The first-order valence-electron chi connectivity index (χ1n) is 11.4. The molecule has 1 aromatic carbocycles. The van der Waals surface area contributed by atoms with Gasteiger partial charge in [-0.25, -0.2) is 4.39 Å². The number of rotatable bonds is 4. The smallest absolute Gasteiger partial charge is 0.230 e. The summed E-state index contributed by atoms with van der Waals surface area (Å²) in [4.78, 5) is 22.3. The van der Waals surface area contributed by atoms with Crippen molar-refractivity contribution >= 4 is 11.6 Å². The van der Waals surface area contributed by atoms with Crippen molar-refractivity contribution in [1.29, 1.82) is 5.26 Å². The number of nitriles is 1. The zero-order chi connectivity index (χ0) is 23.0. The van der Waals surface area contributed by atoms with Gasteiger partial charge in [0.2, 0.25) is 5.91 Å². The maximum atomic E-state index is 13.9. The molecule has 0 bridgehead atoms. The Kier molecular flexibility index (Phi) is 6.05. The number of pyridine rings is 1. The van der Waals surface area contributed by atoms with Crippen LogP contribution in [0.4, 0.5) is 10.1 Å². The van der Waals surface area contributed by atoms with Crippen LogP contribution in [0.5, 0.6) is 0 Å². The van der Waals surface area contributed by atoms with E-state index in [0.29, 0.717) is 19.1 Å². The van der Waals surface area contributed by atoms with Crippen LogP contribution in [0.2, 0.25) is 0 Å². The van der Waals surface area contributed by atoms with E-state index in [4.69, 9.17) is 10.2 Å². The molecule has 168 valence electrons. The second kappa shape index (κ2) is 8.63. The summed E-state index contributed by atoms with van der Waals surface area (Å²) >= 11 is 0. The predicted octanol–water partition coefficient (Wildman–Crippen LogP) is 4.72. The van der Waals surface area contributed by atoms with E-state index >= 15 is 0 Å². The third-order valence-corrected chi connectivity index (χ3v) is 7.02. The van der Waals surface area contributed by atoms with E-state index in [-0.39, 0.29) is 22.8 Å². The molecule has 0 N–H and O–H groups in total. The number of fused-ring (bicyclic) bond motifs is 1. The van der Waals surface area contributed by atoms with E-state index in [1.807, 2.05) is 36.1 Å². The number of hydrogen-bond acceptors (Lipinski definition) is 4. The van der Waals surface area contributed by atoms with Gasteiger partial charge in [-0.3, -0.25) is 14.7 Å². The number of aromatic nitrogens is 1. The molecule has 0 radical (unpaired) electrons. The number of hydrogen-bond donors (Lipinski definition) is 0. The van der Waals surface area contributed by atoms with Gasteiger partial charge >= 0.3 is 0 Å². The number of anilines is 1. The summed E-state index contributed by atoms with van der Waals surface area (Å²) in [6.45, 7) is 7.62. The molecule has 5 nitrogen and oxygen atoms in total. The summed E-state index contributed by atoms with van der Waals surface area (Å²) in [5, 5.41) is 8.90. The summed E-state index contributed by atoms with van der Waals surface area (Å²) in [6.07, 6.45) is 3.62.